The van der Waals surface area contributed by atoms with Crippen LogP contribution in [-0.2, 0) is 14.4 Å². The van der Waals surface area contributed by atoms with Crippen molar-refractivity contribution < 1.29 is 14.4 Å². The van der Waals surface area contributed by atoms with Gasteiger partial charge in [0.05, 0.1) is 12.5 Å². The van der Waals surface area contributed by atoms with E-state index in [1.807, 2.05) is 0 Å². The van der Waals surface area contributed by atoms with Crippen molar-refractivity contribution in [1.82, 2.24) is 10.2 Å². The minimum Gasteiger partial charge on any atom is -0.369 e. The van der Waals surface area contributed by atoms with E-state index in [-0.39, 0.29) is 48.2 Å². The molecule has 3 amide bonds. The molecule has 6 nitrogen and oxygen atoms in total. The van der Waals surface area contributed by atoms with Crippen molar-refractivity contribution in [1.29, 1.82) is 0 Å². The van der Waals surface area contributed by atoms with E-state index >= 15 is 0 Å². The maximum Gasteiger partial charge on any atom is 0.247 e. The van der Waals surface area contributed by atoms with Gasteiger partial charge in [0, 0.05) is 18.0 Å². The van der Waals surface area contributed by atoms with E-state index < -0.39 is 0 Å². The third-order valence-corrected chi connectivity index (χ3v) is 4.66. The first-order chi connectivity index (χ1) is 9.56. The zero-order valence-corrected chi connectivity index (χ0v) is 11.5. The average molecular weight is 279 g/mol. The summed E-state index contributed by atoms with van der Waals surface area (Å²) < 4.78 is 0. The molecule has 20 heavy (non-hydrogen) atoms. The highest BCUT2D eigenvalue weighted by molar-refractivity contribution is 6.06. The summed E-state index contributed by atoms with van der Waals surface area (Å²) in [5.41, 5.74) is 5.31. The summed E-state index contributed by atoms with van der Waals surface area (Å²) in [6.45, 7) is 0. The molecule has 0 bridgehead atoms. The lowest BCUT2D eigenvalue weighted by Gasteiger charge is -2.29. The van der Waals surface area contributed by atoms with Crippen molar-refractivity contribution in [2.75, 3.05) is 0 Å². The lowest BCUT2D eigenvalue weighted by Crippen LogP contribution is -2.46. The summed E-state index contributed by atoms with van der Waals surface area (Å²) in [5.74, 6) is -0.359. The van der Waals surface area contributed by atoms with Gasteiger partial charge in [-0.3, -0.25) is 19.3 Å². The Hall–Kier alpha value is -1.43. The molecule has 1 aliphatic heterocycles. The molecule has 110 valence electrons. The van der Waals surface area contributed by atoms with Crippen molar-refractivity contribution >= 4 is 17.7 Å². The summed E-state index contributed by atoms with van der Waals surface area (Å²) in [7, 11) is 0. The normalized spacial score (nSPS) is 34.6. The fraction of sp³-hybridized carbons (Fsp3) is 0.786. The third kappa shape index (κ3) is 2.57. The van der Waals surface area contributed by atoms with Crippen LogP contribution in [0.5, 0.6) is 0 Å². The van der Waals surface area contributed by atoms with Crippen LogP contribution in [0, 0.1) is 5.92 Å². The number of nitrogens with two attached hydrogens (primary N) is 1. The van der Waals surface area contributed by atoms with Gasteiger partial charge in [-0.2, -0.15) is 0 Å². The van der Waals surface area contributed by atoms with Crippen LogP contribution in [0.25, 0.3) is 0 Å². The van der Waals surface area contributed by atoms with Crippen LogP contribution in [0.3, 0.4) is 0 Å². The summed E-state index contributed by atoms with van der Waals surface area (Å²) in [6.07, 6.45) is 5.42. The van der Waals surface area contributed by atoms with Crippen LogP contribution in [0.1, 0.15) is 44.9 Å². The molecular weight excluding hydrogens is 258 g/mol. The standard InChI is InChI=1S/C14H21N3O3/c15-13(19)8-1-3-9(4-2-8)16-11-7-12(18)17(14(11)20)10-5-6-10/h8-11,16H,1-7H2,(H2,15,19). The molecule has 3 fully saturated rings. The predicted molar refractivity (Wildman–Crippen MR) is 71.4 cm³/mol. The Kier molecular flexibility index (Phi) is 3.50. The number of imide groups is 1. The van der Waals surface area contributed by atoms with Gasteiger partial charge < -0.3 is 11.1 Å². The van der Waals surface area contributed by atoms with E-state index in [0.717, 1.165) is 38.5 Å². The number of likely N-dealkylation sites (tertiary alicyclic amines) is 1. The molecule has 3 aliphatic rings. The van der Waals surface area contributed by atoms with Gasteiger partial charge >= 0.3 is 0 Å². The summed E-state index contributed by atoms with van der Waals surface area (Å²) in [5, 5.41) is 3.31. The van der Waals surface area contributed by atoms with Gasteiger partial charge in [0.2, 0.25) is 17.7 Å². The predicted octanol–water partition coefficient (Wildman–Crippen LogP) is -0.0900. The fourth-order valence-electron chi connectivity index (χ4n) is 3.33. The second kappa shape index (κ2) is 5.16. The minimum absolute atomic E-state index is 0.0306. The molecule has 6 heteroatoms. The molecule has 0 aromatic carbocycles. The second-order valence-corrected chi connectivity index (χ2v) is 6.21. The summed E-state index contributed by atoms with van der Waals surface area (Å²) >= 11 is 0. The molecule has 0 aromatic heterocycles. The number of nitrogens with one attached hydrogen (secondary N) is 1. The van der Waals surface area contributed by atoms with Crippen LogP contribution in [0.15, 0.2) is 0 Å². The van der Waals surface area contributed by atoms with E-state index in [1.54, 1.807) is 0 Å². The monoisotopic (exact) mass is 279 g/mol. The summed E-state index contributed by atoms with van der Waals surface area (Å²) in [4.78, 5) is 36.6. The first-order valence-electron chi connectivity index (χ1n) is 7.47. The highest BCUT2D eigenvalue weighted by Crippen LogP contribution is 2.32. The topological polar surface area (TPSA) is 92.5 Å². The van der Waals surface area contributed by atoms with Crippen LogP contribution >= 0.6 is 0 Å². The van der Waals surface area contributed by atoms with Gasteiger partial charge in [0.25, 0.3) is 0 Å². The molecule has 1 atom stereocenters. The molecular formula is C14H21N3O3. The molecule has 1 unspecified atom stereocenters. The zero-order chi connectivity index (χ0) is 14.3. The number of hydrogen-bond acceptors (Lipinski definition) is 4. The van der Waals surface area contributed by atoms with E-state index in [1.165, 1.54) is 4.90 Å². The average Bonchev–Trinajstić information content (AvgIpc) is 3.19. The number of carbonyl (C=O) groups is 3. The van der Waals surface area contributed by atoms with Crippen LogP contribution < -0.4 is 11.1 Å². The minimum atomic E-state index is -0.363. The lowest BCUT2D eigenvalue weighted by molar-refractivity contribution is -0.139. The lowest BCUT2D eigenvalue weighted by atomic mass is 9.85. The van der Waals surface area contributed by atoms with Crippen LogP contribution in [0.4, 0.5) is 0 Å². The van der Waals surface area contributed by atoms with Crippen molar-refractivity contribution in [3.63, 3.8) is 0 Å². The van der Waals surface area contributed by atoms with E-state index in [2.05, 4.69) is 5.32 Å². The molecule has 3 rings (SSSR count). The molecule has 1 heterocycles. The molecule has 2 saturated carbocycles. The first-order valence-corrected chi connectivity index (χ1v) is 7.47. The van der Waals surface area contributed by atoms with Gasteiger partial charge in [-0.05, 0) is 38.5 Å². The highest BCUT2D eigenvalue weighted by Gasteiger charge is 2.46. The van der Waals surface area contributed by atoms with Crippen LogP contribution in [0.2, 0.25) is 0 Å². The Balaban J connectivity index is 1.53. The van der Waals surface area contributed by atoms with Crippen molar-refractivity contribution in [2.45, 2.75) is 63.1 Å². The van der Waals surface area contributed by atoms with Gasteiger partial charge in [0.15, 0.2) is 0 Å². The SMILES string of the molecule is NC(=O)C1CCC(NC2CC(=O)N(C3CC3)C2=O)CC1. The van der Waals surface area contributed by atoms with Gasteiger partial charge in [-0.25, -0.2) is 0 Å². The van der Waals surface area contributed by atoms with Gasteiger partial charge in [-0.15, -0.1) is 0 Å². The first kappa shape index (κ1) is 13.5. The number of hydrogen-bond donors (Lipinski definition) is 2. The van der Waals surface area contributed by atoms with Crippen molar-refractivity contribution in [2.24, 2.45) is 11.7 Å². The van der Waals surface area contributed by atoms with E-state index in [4.69, 9.17) is 5.73 Å². The number of primary amides is 1. The molecule has 2 aliphatic carbocycles. The van der Waals surface area contributed by atoms with Crippen molar-refractivity contribution in [3.05, 3.63) is 0 Å². The Bertz CT molecular complexity index is 439. The quantitative estimate of drug-likeness (QED) is 0.703. The molecule has 0 aromatic rings. The number of nitrogens with zero attached hydrogens (tertiary/aromatic N) is 1. The van der Waals surface area contributed by atoms with E-state index in [0.29, 0.717) is 0 Å². The number of rotatable bonds is 4. The Labute approximate surface area is 118 Å². The Morgan fingerprint density at radius 1 is 1.10 bits per heavy atom. The maximum absolute atomic E-state index is 12.2. The Morgan fingerprint density at radius 3 is 2.30 bits per heavy atom. The Morgan fingerprint density at radius 2 is 1.75 bits per heavy atom. The number of amides is 3. The van der Waals surface area contributed by atoms with Crippen LogP contribution in [-0.4, -0.2) is 40.7 Å². The maximum atomic E-state index is 12.2. The second-order valence-electron chi connectivity index (χ2n) is 6.21. The molecule has 1 saturated heterocycles. The molecule has 0 spiro atoms. The van der Waals surface area contributed by atoms with Crippen molar-refractivity contribution in [3.8, 4) is 0 Å². The smallest absolute Gasteiger partial charge is 0.247 e. The molecule has 3 N–H and O–H groups in total. The fourth-order valence-corrected chi connectivity index (χ4v) is 3.33. The van der Waals surface area contributed by atoms with E-state index in [9.17, 15) is 14.4 Å². The highest BCUT2D eigenvalue weighted by atomic mass is 16.2. The van der Waals surface area contributed by atoms with Gasteiger partial charge in [0.1, 0.15) is 0 Å². The third-order valence-electron chi connectivity index (χ3n) is 4.66. The summed E-state index contributed by atoms with van der Waals surface area (Å²) in [6, 6.07) is 0.0112. The number of carbonyl (C=O) groups excluding carboxylic acids is 3. The largest absolute Gasteiger partial charge is 0.369 e. The molecule has 0 radical (unpaired) electrons. The zero-order valence-electron chi connectivity index (χ0n) is 11.5. The van der Waals surface area contributed by atoms with Gasteiger partial charge in [-0.1, -0.05) is 0 Å².